The summed E-state index contributed by atoms with van der Waals surface area (Å²) in [4.78, 5) is 11.3. The number of hydrogen-bond donors (Lipinski definition) is 2. The normalized spacial score (nSPS) is 10.4. The Bertz CT molecular complexity index is 348. The zero-order valence-corrected chi connectivity index (χ0v) is 10.7. The summed E-state index contributed by atoms with van der Waals surface area (Å²) in [6, 6.07) is 3.57. The van der Waals surface area contributed by atoms with Gasteiger partial charge in [0.15, 0.2) is 5.82 Å². The fourth-order valence-corrected chi connectivity index (χ4v) is 1.23. The monoisotopic (exact) mass is 236 g/mol. The van der Waals surface area contributed by atoms with Crippen LogP contribution in [-0.2, 0) is 4.79 Å². The number of nitrogens with zero attached hydrogens (tertiary/aromatic N) is 2. The molecule has 2 N–H and O–H groups in total. The second-order valence-electron chi connectivity index (χ2n) is 4.38. The van der Waals surface area contributed by atoms with E-state index in [-0.39, 0.29) is 5.91 Å². The summed E-state index contributed by atoms with van der Waals surface area (Å²) in [5.41, 5.74) is 0. The van der Waals surface area contributed by atoms with E-state index in [1.165, 1.54) is 0 Å². The highest BCUT2D eigenvalue weighted by molar-refractivity contribution is 5.89. The predicted octanol–water partition coefficient (Wildman–Crippen LogP) is 2.28. The van der Waals surface area contributed by atoms with Crippen LogP contribution in [0.15, 0.2) is 12.1 Å². The van der Waals surface area contributed by atoms with E-state index in [0.29, 0.717) is 18.2 Å². The van der Waals surface area contributed by atoms with Crippen molar-refractivity contribution < 1.29 is 4.79 Å². The van der Waals surface area contributed by atoms with Crippen molar-refractivity contribution in [1.29, 1.82) is 0 Å². The molecule has 1 heterocycles. The number of carbonyl (C=O) groups is 1. The zero-order valence-electron chi connectivity index (χ0n) is 10.7. The molecule has 0 saturated heterocycles. The van der Waals surface area contributed by atoms with Crippen LogP contribution >= 0.6 is 0 Å². The molecule has 1 rings (SSSR count). The molecule has 0 aromatic carbocycles. The van der Waals surface area contributed by atoms with Crippen LogP contribution in [0.2, 0.25) is 0 Å². The SMILES string of the molecule is CCCC(=O)Nc1ccc(NCC(C)C)nn1. The van der Waals surface area contributed by atoms with E-state index in [0.717, 1.165) is 18.8 Å². The lowest BCUT2D eigenvalue weighted by molar-refractivity contribution is -0.116. The van der Waals surface area contributed by atoms with Crippen molar-refractivity contribution in [2.24, 2.45) is 5.92 Å². The number of nitrogens with one attached hydrogen (secondary N) is 2. The summed E-state index contributed by atoms with van der Waals surface area (Å²) in [5.74, 6) is 1.76. The highest BCUT2D eigenvalue weighted by atomic mass is 16.1. The molecule has 5 nitrogen and oxygen atoms in total. The van der Waals surface area contributed by atoms with E-state index < -0.39 is 0 Å². The molecule has 5 heteroatoms. The van der Waals surface area contributed by atoms with E-state index in [1.807, 2.05) is 13.0 Å². The maximum atomic E-state index is 11.3. The number of aromatic nitrogens is 2. The molecule has 0 saturated carbocycles. The van der Waals surface area contributed by atoms with Gasteiger partial charge in [0.1, 0.15) is 5.82 Å². The van der Waals surface area contributed by atoms with Crippen LogP contribution in [0.5, 0.6) is 0 Å². The summed E-state index contributed by atoms with van der Waals surface area (Å²) in [6.07, 6.45) is 1.34. The second kappa shape index (κ2) is 6.83. The quantitative estimate of drug-likeness (QED) is 0.795. The molecule has 0 bridgehead atoms. The third kappa shape index (κ3) is 5.29. The largest absolute Gasteiger partial charge is 0.368 e. The first kappa shape index (κ1) is 13.4. The molecule has 1 aromatic heterocycles. The van der Waals surface area contributed by atoms with Gasteiger partial charge in [0.2, 0.25) is 5.91 Å². The minimum atomic E-state index is -0.0234. The second-order valence-corrected chi connectivity index (χ2v) is 4.38. The Kier molecular flexibility index (Phi) is 5.39. The minimum Gasteiger partial charge on any atom is -0.368 e. The van der Waals surface area contributed by atoms with Gasteiger partial charge in [-0.2, -0.15) is 0 Å². The number of carbonyl (C=O) groups excluding carboxylic acids is 1. The van der Waals surface area contributed by atoms with E-state index in [1.54, 1.807) is 6.07 Å². The topological polar surface area (TPSA) is 66.9 Å². The molecule has 0 atom stereocenters. The first-order chi connectivity index (χ1) is 8.11. The van der Waals surface area contributed by atoms with Crippen molar-refractivity contribution in [2.45, 2.75) is 33.6 Å². The van der Waals surface area contributed by atoms with Crippen molar-refractivity contribution in [2.75, 3.05) is 17.2 Å². The summed E-state index contributed by atoms with van der Waals surface area (Å²) < 4.78 is 0. The first-order valence-corrected chi connectivity index (χ1v) is 5.99. The van der Waals surface area contributed by atoms with Crippen LogP contribution in [0.1, 0.15) is 33.6 Å². The molecule has 0 fully saturated rings. The van der Waals surface area contributed by atoms with Crippen LogP contribution in [0.25, 0.3) is 0 Å². The fourth-order valence-electron chi connectivity index (χ4n) is 1.23. The number of hydrogen-bond acceptors (Lipinski definition) is 4. The van der Waals surface area contributed by atoms with Crippen molar-refractivity contribution in [3.8, 4) is 0 Å². The van der Waals surface area contributed by atoms with Gasteiger partial charge in [-0.3, -0.25) is 4.79 Å². The van der Waals surface area contributed by atoms with Crippen molar-refractivity contribution in [3.05, 3.63) is 12.1 Å². The van der Waals surface area contributed by atoms with Gasteiger partial charge < -0.3 is 10.6 Å². The standard InChI is InChI=1S/C12H20N4O/c1-4-5-12(17)14-11-7-6-10(15-16-11)13-8-9(2)3/h6-7,9H,4-5,8H2,1-3H3,(H,13,15)(H,14,16,17). The van der Waals surface area contributed by atoms with Gasteiger partial charge in [0, 0.05) is 13.0 Å². The molecule has 94 valence electrons. The summed E-state index contributed by atoms with van der Waals surface area (Å²) in [5, 5.41) is 13.8. The van der Waals surface area contributed by atoms with Gasteiger partial charge in [-0.25, -0.2) is 0 Å². The van der Waals surface area contributed by atoms with Gasteiger partial charge >= 0.3 is 0 Å². The molecule has 1 amide bonds. The van der Waals surface area contributed by atoms with Gasteiger partial charge in [-0.1, -0.05) is 20.8 Å². The average Bonchev–Trinajstić information content (AvgIpc) is 2.28. The molecule has 0 aliphatic carbocycles. The van der Waals surface area contributed by atoms with Crippen LogP contribution in [-0.4, -0.2) is 22.6 Å². The summed E-state index contributed by atoms with van der Waals surface area (Å²) in [6.45, 7) is 7.07. The summed E-state index contributed by atoms with van der Waals surface area (Å²) >= 11 is 0. The molecule has 0 spiro atoms. The number of amides is 1. The third-order valence-electron chi connectivity index (χ3n) is 2.10. The Morgan fingerprint density at radius 2 is 1.94 bits per heavy atom. The van der Waals surface area contributed by atoms with E-state index in [4.69, 9.17) is 0 Å². The zero-order chi connectivity index (χ0) is 12.7. The molecule has 0 aliphatic rings. The van der Waals surface area contributed by atoms with Gasteiger partial charge in [0.05, 0.1) is 0 Å². The van der Waals surface area contributed by atoms with E-state index >= 15 is 0 Å². The Balaban J connectivity index is 2.47. The molecule has 0 aliphatic heterocycles. The maximum Gasteiger partial charge on any atom is 0.225 e. The van der Waals surface area contributed by atoms with Crippen molar-refractivity contribution in [1.82, 2.24) is 10.2 Å². The predicted molar refractivity (Wildman–Crippen MR) is 68.9 cm³/mol. The van der Waals surface area contributed by atoms with Gasteiger partial charge in [-0.05, 0) is 24.5 Å². The fraction of sp³-hybridized carbons (Fsp3) is 0.583. The highest BCUT2D eigenvalue weighted by Crippen LogP contribution is 2.07. The summed E-state index contributed by atoms with van der Waals surface area (Å²) in [7, 11) is 0. The minimum absolute atomic E-state index is 0.0234. The Morgan fingerprint density at radius 3 is 2.47 bits per heavy atom. The van der Waals surface area contributed by atoms with Crippen LogP contribution in [0, 0.1) is 5.92 Å². The number of anilines is 2. The molecule has 1 aromatic rings. The smallest absolute Gasteiger partial charge is 0.225 e. The Hall–Kier alpha value is -1.65. The lowest BCUT2D eigenvalue weighted by atomic mass is 10.2. The Labute approximate surface area is 102 Å². The third-order valence-corrected chi connectivity index (χ3v) is 2.10. The van der Waals surface area contributed by atoms with Crippen molar-refractivity contribution in [3.63, 3.8) is 0 Å². The van der Waals surface area contributed by atoms with Crippen LogP contribution in [0.3, 0.4) is 0 Å². The van der Waals surface area contributed by atoms with E-state index in [9.17, 15) is 4.79 Å². The molecule has 0 unspecified atom stereocenters. The average molecular weight is 236 g/mol. The Morgan fingerprint density at radius 1 is 1.29 bits per heavy atom. The maximum absolute atomic E-state index is 11.3. The number of rotatable bonds is 6. The van der Waals surface area contributed by atoms with Crippen molar-refractivity contribution >= 4 is 17.5 Å². The lowest BCUT2D eigenvalue weighted by Gasteiger charge is -2.08. The first-order valence-electron chi connectivity index (χ1n) is 5.99. The van der Waals surface area contributed by atoms with Gasteiger partial charge in [-0.15, -0.1) is 10.2 Å². The molecular formula is C12H20N4O. The lowest BCUT2D eigenvalue weighted by Crippen LogP contribution is -2.13. The molecule has 0 radical (unpaired) electrons. The molecule has 17 heavy (non-hydrogen) atoms. The molecular weight excluding hydrogens is 216 g/mol. The van der Waals surface area contributed by atoms with Crippen LogP contribution < -0.4 is 10.6 Å². The van der Waals surface area contributed by atoms with Gasteiger partial charge in [0.25, 0.3) is 0 Å². The highest BCUT2D eigenvalue weighted by Gasteiger charge is 2.02. The van der Waals surface area contributed by atoms with Crippen LogP contribution in [0.4, 0.5) is 11.6 Å². The van der Waals surface area contributed by atoms with E-state index in [2.05, 4.69) is 34.7 Å².